The molecule has 0 saturated carbocycles. The van der Waals surface area contributed by atoms with Crippen molar-refractivity contribution in [1.29, 1.82) is 0 Å². The summed E-state index contributed by atoms with van der Waals surface area (Å²) in [6.07, 6.45) is 5.75. The van der Waals surface area contributed by atoms with Crippen LogP contribution in [0.15, 0.2) is 54.7 Å². The SMILES string of the molecule is Cc1cc(OCc2ccccc2)ccc1-c1cn(C[C@H]2CCCCO2)nn1. The molecule has 2 heterocycles. The number of ether oxygens (including phenoxy) is 2. The summed E-state index contributed by atoms with van der Waals surface area (Å²) in [5.74, 6) is 0.864. The van der Waals surface area contributed by atoms with Crippen LogP contribution in [0.1, 0.15) is 30.4 Å². The third kappa shape index (κ3) is 4.55. The third-order valence-corrected chi connectivity index (χ3v) is 4.93. The molecule has 1 aliphatic rings. The highest BCUT2D eigenvalue weighted by Gasteiger charge is 2.16. The van der Waals surface area contributed by atoms with Crippen molar-refractivity contribution in [3.8, 4) is 17.0 Å². The highest BCUT2D eigenvalue weighted by Crippen LogP contribution is 2.26. The van der Waals surface area contributed by atoms with Gasteiger partial charge in [-0.2, -0.15) is 0 Å². The van der Waals surface area contributed by atoms with Gasteiger partial charge in [0.2, 0.25) is 0 Å². The van der Waals surface area contributed by atoms with E-state index in [1.165, 1.54) is 6.42 Å². The first kappa shape index (κ1) is 17.7. The van der Waals surface area contributed by atoms with Gasteiger partial charge in [0.15, 0.2) is 0 Å². The zero-order valence-corrected chi connectivity index (χ0v) is 15.7. The van der Waals surface area contributed by atoms with Crippen molar-refractivity contribution >= 4 is 0 Å². The molecular formula is C22H25N3O2. The van der Waals surface area contributed by atoms with Gasteiger partial charge in [-0.1, -0.05) is 35.5 Å². The van der Waals surface area contributed by atoms with E-state index >= 15 is 0 Å². The van der Waals surface area contributed by atoms with Gasteiger partial charge in [-0.15, -0.1) is 5.10 Å². The molecule has 0 radical (unpaired) electrons. The van der Waals surface area contributed by atoms with Crippen LogP contribution in [-0.2, 0) is 17.9 Å². The fraction of sp³-hybridized carbons (Fsp3) is 0.364. The molecule has 0 unspecified atom stereocenters. The maximum atomic E-state index is 5.91. The molecule has 1 atom stereocenters. The first-order chi connectivity index (χ1) is 13.3. The predicted molar refractivity (Wildman–Crippen MR) is 105 cm³/mol. The fourth-order valence-corrected chi connectivity index (χ4v) is 3.43. The average molecular weight is 363 g/mol. The minimum atomic E-state index is 0.253. The van der Waals surface area contributed by atoms with Gasteiger partial charge >= 0.3 is 0 Å². The van der Waals surface area contributed by atoms with Crippen LogP contribution in [0.4, 0.5) is 0 Å². The van der Waals surface area contributed by atoms with Crippen molar-refractivity contribution in [2.24, 2.45) is 0 Å². The molecule has 4 rings (SSSR count). The average Bonchev–Trinajstić information content (AvgIpc) is 3.16. The molecule has 0 amide bonds. The van der Waals surface area contributed by atoms with Gasteiger partial charge in [-0.25, -0.2) is 4.68 Å². The van der Waals surface area contributed by atoms with Gasteiger partial charge in [-0.05, 0) is 55.5 Å². The zero-order valence-electron chi connectivity index (χ0n) is 15.7. The lowest BCUT2D eigenvalue weighted by Gasteiger charge is -2.21. The number of rotatable bonds is 6. The van der Waals surface area contributed by atoms with Crippen molar-refractivity contribution < 1.29 is 9.47 Å². The largest absolute Gasteiger partial charge is 0.489 e. The first-order valence-electron chi connectivity index (χ1n) is 9.57. The molecule has 1 fully saturated rings. The summed E-state index contributed by atoms with van der Waals surface area (Å²) in [4.78, 5) is 0. The standard InChI is InChI=1S/C22H25N3O2/c1-17-13-19(27-16-18-7-3-2-4-8-18)10-11-21(17)22-15-25(24-23-22)14-20-9-5-6-12-26-20/h2-4,7-8,10-11,13,15,20H,5-6,9,12,14,16H2,1H3/t20-/m1/s1. The summed E-state index contributed by atoms with van der Waals surface area (Å²) in [5.41, 5.74) is 4.25. The molecule has 1 aromatic heterocycles. The van der Waals surface area contributed by atoms with Crippen LogP contribution in [0.25, 0.3) is 11.3 Å². The Hall–Kier alpha value is -2.66. The fourth-order valence-electron chi connectivity index (χ4n) is 3.43. The molecule has 0 bridgehead atoms. The Labute approximate surface area is 159 Å². The number of aryl methyl sites for hydroxylation is 1. The maximum absolute atomic E-state index is 5.91. The van der Waals surface area contributed by atoms with E-state index < -0.39 is 0 Å². The zero-order chi connectivity index (χ0) is 18.5. The second-order valence-corrected chi connectivity index (χ2v) is 7.07. The Balaban J connectivity index is 1.41. The lowest BCUT2D eigenvalue weighted by atomic mass is 10.1. The number of hydrogen-bond acceptors (Lipinski definition) is 4. The molecule has 0 aliphatic carbocycles. The summed E-state index contributed by atoms with van der Waals surface area (Å²) >= 11 is 0. The highest BCUT2D eigenvalue weighted by molar-refractivity contribution is 5.63. The monoisotopic (exact) mass is 363 g/mol. The van der Waals surface area contributed by atoms with E-state index in [-0.39, 0.29) is 6.10 Å². The van der Waals surface area contributed by atoms with Gasteiger partial charge in [0.05, 0.1) is 18.8 Å². The smallest absolute Gasteiger partial charge is 0.120 e. The van der Waals surface area contributed by atoms with E-state index in [4.69, 9.17) is 9.47 Å². The molecule has 3 aromatic rings. The predicted octanol–water partition coefficient (Wildman–Crippen LogP) is 4.40. The Morgan fingerprint density at radius 1 is 1.15 bits per heavy atom. The number of benzene rings is 2. The van der Waals surface area contributed by atoms with Crippen molar-refractivity contribution in [2.45, 2.75) is 45.4 Å². The van der Waals surface area contributed by atoms with E-state index in [2.05, 4.69) is 41.5 Å². The van der Waals surface area contributed by atoms with E-state index in [1.807, 2.05) is 35.1 Å². The molecule has 0 N–H and O–H groups in total. The van der Waals surface area contributed by atoms with Crippen LogP contribution in [0.2, 0.25) is 0 Å². The summed E-state index contributed by atoms with van der Waals surface area (Å²) in [7, 11) is 0. The van der Waals surface area contributed by atoms with Crippen molar-refractivity contribution in [1.82, 2.24) is 15.0 Å². The van der Waals surface area contributed by atoms with Gasteiger partial charge < -0.3 is 9.47 Å². The van der Waals surface area contributed by atoms with Crippen LogP contribution in [0.5, 0.6) is 5.75 Å². The van der Waals surface area contributed by atoms with E-state index in [1.54, 1.807) is 0 Å². The second kappa shape index (κ2) is 8.35. The molecule has 140 valence electrons. The Bertz CT molecular complexity index is 870. The third-order valence-electron chi connectivity index (χ3n) is 4.93. The minimum Gasteiger partial charge on any atom is -0.489 e. The Morgan fingerprint density at radius 2 is 2.04 bits per heavy atom. The molecule has 1 saturated heterocycles. The van der Waals surface area contributed by atoms with Gasteiger partial charge in [0.1, 0.15) is 18.1 Å². The van der Waals surface area contributed by atoms with Crippen LogP contribution >= 0.6 is 0 Å². The van der Waals surface area contributed by atoms with Crippen LogP contribution in [0, 0.1) is 6.92 Å². The van der Waals surface area contributed by atoms with Gasteiger partial charge in [-0.3, -0.25) is 0 Å². The maximum Gasteiger partial charge on any atom is 0.120 e. The molecule has 2 aromatic carbocycles. The highest BCUT2D eigenvalue weighted by atomic mass is 16.5. The summed E-state index contributed by atoms with van der Waals surface area (Å²) < 4.78 is 13.6. The second-order valence-electron chi connectivity index (χ2n) is 7.07. The van der Waals surface area contributed by atoms with E-state index in [0.29, 0.717) is 6.61 Å². The van der Waals surface area contributed by atoms with Crippen molar-refractivity contribution in [3.63, 3.8) is 0 Å². The summed E-state index contributed by atoms with van der Waals surface area (Å²) in [6.45, 7) is 4.27. The number of nitrogens with zero attached hydrogens (tertiary/aromatic N) is 3. The van der Waals surface area contributed by atoms with Crippen LogP contribution in [-0.4, -0.2) is 27.7 Å². The normalized spacial score (nSPS) is 17.0. The molecule has 5 heteroatoms. The molecule has 0 spiro atoms. The van der Waals surface area contributed by atoms with E-state index in [9.17, 15) is 0 Å². The first-order valence-corrected chi connectivity index (χ1v) is 9.57. The van der Waals surface area contributed by atoms with Crippen molar-refractivity contribution in [3.05, 3.63) is 65.9 Å². The van der Waals surface area contributed by atoms with Crippen molar-refractivity contribution in [2.75, 3.05) is 6.61 Å². The van der Waals surface area contributed by atoms with Gasteiger partial charge in [0, 0.05) is 12.2 Å². The lowest BCUT2D eigenvalue weighted by Crippen LogP contribution is -2.24. The number of aromatic nitrogens is 3. The molecular weight excluding hydrogens is 338 g/mol. The van der Waals surface area contributed by atoms with Gasteiger partial charge in [0.25, 0.3) is 0 Å². The summed E-state index contributed by atoms with van der Waals surface area (Å²) in [6, 6.07) is 16.3. The van der Waals surface area contributed by atoms with E-state index in [0.717, 1.165) is 54.1 Å². The lowest BCUT2D eigenvalue weighted by molar-refractivity contribution is 0.00370. The minimum absolute atomic E-state index is 0.253. The quantitative estimate of drug-likeness (QED) is 0.651. The molecule has 5 nitrogen and oxygen atoms in total. The summed E-state index contributed by atoms with van der Waals surface area (Å²) in [5, 5.41) is 8.63. The Kier molecular flexibility index (Phi) is 5.49. The number of hydrogen-bond donors (Lipinski definition) is 0. The topological polar surface area (TPSA) is 49.2 Å². The van der Waals surface area contributed by atoms with Crippen LogP contribution in [0.3, 0.4) is 0 Å². The Morgan fingerprint density at radius 3 is 2.81 bits per heavy atom. The molecule has 1 aliphatic heterocycles. The van der Waals surface area contributed by atoms with Crippen LogP contribution < -0.4 is 4.74 Å². The molecule has 27 heavy (non-hydrogen) atoms.